The zero-order valence-corrected chi connectivity index (χ0v) is 16.6. The summed E-state index contributed by atoms with van der Waals surface area (Å²) in [5.41, 5.74) is 3.41. The zero-order chi connectivity index (χ0) is 19.9. The average molecular weight is 398 g/mol. The number of hydrogen-bond donors (Lipinski definition) is 1. The number of ether oxygens (including phenoxy) is 1. The van der Waals surface area contributed by atoms with Crippen molar-refractivity contribution in [1.82, 2.24) is 10.3 Å². The van der Waals surface area contributed by atoms with E-state index in [0.29, 0.717) is 17.4 Å². The molecule has 0 saturated carbocycles. The van der Waals surface area contributed by atoms with E-state index in [1.54, 1.807) is 6.92 Å². The summed E-state index contributed by atoms with van der Waals surface area (Å²) in [5, 5.41) is 3.35. The van der Waals surface area contributed by atoms with Crippen LogP contribution in [0.25, 0.3) is 11.1 Å². The van der Waals surface area contributed by atoms with Gasteiger partial charge >= 0.3 is 5.97 Å². The number of carbonyl (C=O) groups is 2. The number of nitrogens with one attached hydrogen (secondary N) is 1. The van der Waals surface area contributed by atoms with Gasteiger partial charge in [0.15, 0.2) is 5.58 Å². The Hall–Kier alpha value is -2.80. The maximum absolute atomic E-state index is 12.5. The first-order valence-electron chi connectivity index (χ1n) is 9.05. The Morgan fingerprint density at radius 1 is 1.18 bits per heavy atom. The normalized spacial score (nSPS) is 11.9. The fourth-order valence-corrected chi connectivity index (χ4v) is 3.36. The van der Waals surface area contributed by atoms with Gasteiger partial charge in [-0.05, 0) is 31.5 Å². The number of hydrogen-bond acceptors (Lipinski definition) is 6. The van der Waals surface area contributed by atoms with Crippen LogP contribution in [0.3, 0.4) is 0 Å². The van der Waals surface area contributed by atoms with Crippen molar-refractivity contribution in [1.29, 1.82) is 0 Å². The van der Waals surface area contributed by atoms with Crippen LogP contribution in [0.15, 0.2) is 58.2 Å². The predicted octanol–water partition coefficient (Wildman–Crippen LogP) is 4.04. The van der Waals surface area contributed by atoms with E-state index in [2.05, 4.69) is 10.3 Å². The zero-order valence-electron chi connectivity index (χ0n) is 15.8. The Bertz CT molecular complexity index is 919. The molecule has 0 bridgehead atoms. The van der Waals surface area contributed by atoms with Crippen LogP contribution >= 0.6 is 11.8 Å². The molecular formula is C21H22N2O4S. The summed E-state index contributed by atoms with van der Waals surface area (Å²) in [6, 6.07) is 14.7. The summed E-state index contributed by atoms with van der Waals surface area (Å²) in [6.45, 7) is 4.05. The van der Waals surface area contributed by atoms with Gasteiger partial charge < -0.3 is 14.5 Å². The number of thioether (sulfide) groups is 1. The second kappa shape index (κ2) is 9.41. The molecule has 1 atom stereocenters. The van der Waals surface area contributed by atoms with Crippen LogP contribution in [0.2, 0.25) is 0 Å². The molecule has 1 heterocycles. The van der Waals surface area contributed by atoms with Crippen LogP contribution in [-0.2, 0) is 14.3 Å². The van der Waals surface area contributed by atoms with E-state index in [4.69, 9.17) is 9.15 Å². The third-order valence-electron chi connectivity index (χ3n) is 4.09. The molecule has 0 aliphatic rings. The Kier molecular flexibility index (Phi) is 6.71. The third kappa shape index (κ3) is 5.36. The minimum atomic E-state index is -0.448. The number of carbonyl (C=O) groups excluding carboxylic acids is 2. The lowest BCUT2D eigenvalue weighted by molar-refractivity contribution is -0.143. The summed E-state index contributed by atoms with van der Waals surface area (Å²) in [5.74, 6) is -0.417. The molecular weight excluding hydrogens is 376 g/mol. The number of nitrogens with zero attached hydrogens (tertiary/aromatic N) is 1. The van der Waals surface area contributed by atoms with E-state index in [0.717, 1.165) is 16.6 Å². The molecule has 0 saturated heterocycles. The van der Waals surface area contributed by atoms with Gasteiger partial charge in [0, 0.05) is 0 Å². The molecule has 0 spiro atoms. The van der Waals surface area contributed by atoms with Crippen LogP contribution in [0.4, 0.5) is 0 Å². The van der Waals surface area contributed by atoms with Gasteiger partial charge in [-0.1, -0.05) is 53.7 Å². The second-order valence-electron chi connectivity index (χ2n) is 6.28. The summed E-state index contributed by atoms with van der Waals surface area (Å²) < 4.78 is 10.7. The molecule has 0 fully saturated rings. The molecule has 28 heavy (non-hydrogen) atoms. The fraction of sp³-hybridized carbons (Fsp3) is 0.286. The van der Waals surface area contributed by atoms with Crippen molar-refractivity contribution < 1.29 is 18.7 Å². The van der Waals surface area contributed by atoms with Crippen molar-refractivity contribution in [3.8, 4) is 0 Å². The Balaban J connectivity index is 1.64. The maximum atomic E-state index is 12.5. The summed E-state index contributed by atoms with van der Waals surface area (Å²) >= 11 is 1.22. The first-order chi connectivity index (χ1) is 13.5. The van der Waals surface area contributed by atoms with E-state index in [1.807, 2.05) is 55.5 Å². The minimum absolute atomic E-state index is 0.0796. The van der Waals surface area contributed by atoms with E-state index in [-0.39, 0.29) is 24.1 Å². The van der Waals surface area contributed by atoms with Crippen molar-refractivity contribution in [2.45, 2.75) is 31.5 Å². The standard InChI is InChI=1S/C21H22N2O4S/c1-3-26-20(25)12-17(15-10-8-14(2)9-11-15)22-19(24)13-28-21-23-16-6-4-5-7-18(16)27-21/h4-11,17H,3,12-13H2,1-2H3,(H,22,24)/t17-/m1/s1. The van der Waals surface area contributed by atoms with E-state index in [1.165, 1.54) is 11.8 Å². The highest BCUT2D eigenvalue weighted by Crippen LogP contribution is 2.24. The molecule has 3 rings (SSSR count). The summed E-state index contributed by atoms with van der Waals surface area (Å²) in [7, 11) is 0. The number of fused-ring (bicyclic) bond motifs is 1. The SMILES string of the molecule is CCOC(=O)C[C@@H](NC(=O)CSc1nc2ccccc2o1)c1ccc(C)cc1. The highest BCUT2D eigenvalue weighted by atomic mass is 32.2. The van der Waals surface area contributed by atoms with E-state index in [9.17, 15) is 9.59 Å². The first kappa shape index (κ1) is 19.9. The number of rotatable bonds is 8. The smallest absolute Gasteiger partial charge is 0.308 e. The van der Waals surface area contributed by atoms with Gasteiger partial charge in [0.1, 0.15) is 5.52 Å². The van der Waals surface area contributed by atoms with Crippen molar-refractivity contribution >= 4 is 34.7 Å². The Morgan fingerprint density at radius 3 is 2.64 bits per heavy atom. The Labute approximate surface area is 167 Å². The molecule has 146 valence electrons. The molecule has 2 aromatic carbocycles. The number of benzene rings is 2. The highest BCUT2D eigenvalue weighted by molar-refractivity contribution is 7.99. The lowest BCUT2D eigenvalue weighted by Crippen LogP contribution is -2.31. The van der Waals surface area contributed by atoms with Gasteiger partial charge in [0.05, 0.1) is 24.8 Å². The molecule has 0 aliphatic heterocycles. The quantitative estimate of drug-likeness (QED) is 0.456. The second-order valence-corrected chi connectivity index (χ2v) is 7.20. The van der Waals surface area contributed by atoms with Crippen molar-refractivity contribution in [3.63, 3.8) is 0 Å². The molecule has 0 radical (unpaired) electrons. The number of aryl methyl sites for hydroxylation is 1. The predicted molar refractivity (Wildman–Crippen MR) is 108 cm³/mol. The molecule has 3 aromatic rings. The monoisotopic (exact) mass is 398 g/mol. The van der Waals surface area contributed by atoms with E-state index < -0.39 is 6.04 Å². The lowest BCUT2D eigenvalue weighted by atomic mass is 10.0. The van der Waals surface area contributed by atoms with Gasteiger partial charge in [-0.3, -0.25) is 9.59 Å². The molecule has 1 N–H and O–H groups in total. The van der Waals surface area contributed by atoms with Gasteiger partial charge in [-0.2, -0.15) is 0 Å². The minimum Gasteiger partial charge on any atom is -0.466 e. The largest absolute Gasteiger partial charge is 0.466 e. The number of para-hydroxylation sites is 2. The van der Waals surface area contributed by atoms with Crippen molar-refractivity contribution in [2.75, 3.05) is 12.4 Å². The van der Waals surface area contributed by atoms with Gasteiger partial charge in [-0.15, -0.1) is 0 Å². The fourth-order valence-electron chi connectivity index (χ4n) is 2.71. The van der Waals surface area contributed by atoms with Crippen LogP contribution in [0, 0.1) is 6.92 Å². The van der Waals surface area contributed by atoms with Crippen LogP contribution in [0.5, 0.6) is 0 Å². The van der Waals surface area contributed by atoms with Crippen LogP contribution < -0.4 is 5.32 Å². The highest BCUT2D eigenvalue weighted by Gasteiger charge is 2.20. The molecule has 6 nitrogen and oxygen atoms in total. The lowest BCUT2D eigenvalue weighted by Gasteiger charge is -2.18. The number of amides is 1. The number of oxazole rings is 1. The maximum Gasteiger partial charge on any atom is 0.308 e. The van der Waals surface area contributed by atoms with Gasteiger partial charge in [-0.25, -0.2) is 4.98 Å². The van der Waals surface area contributed by atoms with Crippen molar-refractivity contribution in [2.24, 2.45) is 0 Å². The topological polar surface area (TPSA) is 81.4 Å². The molecule has 1 amide bonds. The van der Waals surface area contributed by atoms with Crippen LogP contribution in [-0.4, -0.2) is 29.2 Å². The first-order valence-corrected chi connectivity index (χ1v) is 10.0. The Morgan fingerprint density at radius 2 is 1.93 bits per heavy atom. The summed E-state index contributed by atoms with van der Waals surface area (Å²) in [4.78, 5) is 28.8. The molecule has 1 aromatic heterocycles. The van der Waals surface area contributed by atoms with Crippen molar-refractivity contribution in [3.05, 3.63) is 59.7 Å². The van der Waals surface area contributed by atoms with Gasteiger partial charge in [0.2, 0.25) is 5.91 Å². The number of esters is 1. The van der Waals surface area contributed by atoms with E-state index >= 15 is 0 Å². The average Bonchev–Trinajstić information content (AvgIpc) is 3.10. The van der Waals surface area contributed by atoms with Crippen LogP contribution in [0.1, 0.15) is 30.5 Å². The molecule has 7 heteroatoms. The molecule has 0 aliphatic carbocycles. The third-order valence-corrected chi connectivity index (χ3v) is 4.92. The molecule has 0 unspecified atom stereocenters. The van der Waals surface area contributed by atoms with Gasteiger partial charge in [0.25, 0.3) is 5.22 Å². The summed E-state index contributed by atoms with van der Waals surface area (Å²) in [6.07, 6.45) is 0.0796. The number of aromatic nitrogens is 1.